The van der Waals surface area contributed by atoms with Crippen LogP contribution in [0.1, 0.15) is 58.7 Å². The van der Waals surface area contributed by atoms with Gasteiger partial charge in [0.25, 0.3) is 11.6 Å². The predicted octanol–water partition coefficient (Wildman–Crippen LogP) is 2.38. The van der Waals surface area contributed by atoms with E-state index in [-0.39, 0.29) is 23.1 Å². The number of nitro benzene ring substituents is 1. The largest absolute Gasteiger partial charge is 0.478 e. The van der Waals surface area contributed by atoms with E-state index in [0.29, 0.717) is 24.6 Å². The van der Waals surface area contributed by atoms with Crippen molar-refractivity contribution in [3.8, 4) is 0 Å². The quantitative estimate of drug-likeness (QED) is 0.542. The summed E-state index contributed by atoms with van der Waals surface area (Å²) in [7, 11) is 0. The summed E-state index contributed by atoms with van der Waals surface area (Å²) in [5.41, 5.74) is -0.774. The van der Waals surface area contributed by atoms with Crippen LogP contribution >= 0.6 is 0 Å². The molecule has 2 aromatic rings. The summed E-state index contributed by atoms with van der Waals surface area (Å²) >= 11 is 0. The van der Waals surface area contributed by atoms with E-state index in [0.717, 1.165) is 37.5 Å². The van der Waals surface area contributed by atoms with E-state index in [2.05, 4.69) is 15.5 Å². The first kappa shape index (κ1) is 19.5. The van der Waals surface area contributed by atoms with Gasteiger partial charge in [-0.15, -0.1) is 10.2 Å². The molecule has 1 aromatic heterocycles. The molecule has 28 heavy (non-hydrogen) atoms. The smallest absolute Gasteiger partial charge is 0.335 e. The molecule has 0 bridgehead atoms. The van der Waals surface area contributed by atoms with Gasteiger partial charge in [0.1, 0.15) is 0 Å². The van der Waals surface area contributed by atoms with E-state index in [1.807, 2.05) is 6.92 Å². The van der Waals surface area contributed by atoms with Gasteiger partial charge in [-0.05, 0) is 31.2 Å². The molecule has 1 fully saturated rings. The first-order valence-corrected chi connectivity index (χ1v) is 9.00. The van der Waals surface area contributed by atoms with Crippen molar-refractivity contribution in [2.45, 2.75) is 45.1 Å². The second-order valence-corrected chi connectivity index (χ2v) is 6.83. The Labute approximate surface area is 160 Å². The van der Waals surface area contributed by atoms with E-state index in [9.17, 15) is 19.7 Å². The highest BCUT2D eigenvalue weighted by Gasteiger charge is 2.28. The summed E-state index contributed by atoms with van der Waals surface area (Å²) in [6.45, 7) is 1.93. The first-order chi connectivity index (χ1) is 13.4. The molecule has 0 spiro atoms. The second kappa shape index (κ2) is 8.15. The summed E-state index contributed by atoms with van der Waals surface area (Å²) in [5, 5.41) is 30.9. The lowest BCUT2D eigenvalue weighted by Crippen LogP contribution is -2.33. The molecule has 1 saturated carbocycles. The zero-order valence-electron chi connectivity index (χ0n) is 15.3. The average Bonchev–Trinajstić information content (AvgIpc) is 3.30. The molecule has 0 saturated heterocycles. The van der Waals surface area contributed by atoms with Crippen LogP contribution < -0.4 is 5.32 Å². The summed E-state index contributed by atoms with van der Waals surface area (Å²) < 4.78 is 5.52. The number of nitro groups is 1. The van der Waals surface area contributed by atoms with E-state index in [1.165, 1.54) is 0 Å². The maximum absolute atomic E-state index is 12.5. The fourth-order valence-electron chi connectivity index (χ4n) is 3.39. The van der Waals surface area contributed by atoms with Gasteiger partial charge in [0.15, 0.2) is 0 Å². The third-order valence-corrected chi connectivity index (χ3v) is 4.79. The standard InChI is InChI=1S/C18H20N4O6/c1-2-15-20-21-16(28-15)6-10-3-4-13(5-10)19-17(23)11-7-12(18(24)25)9-14(8-11)22(26)27/h7-10,13H,2-6H2,1H3,(H,19,23)(H,24,25)/t10-,13+/m1/s1. The Bertz CT molecular complexity index is 877. The van der Waals surface area contributed by atoms with Crippen molar-refractivity contribution in [2.24, 2.45) is 5.92 Å². The van der Waals surface area contributed by atoms with Gasteiger partial charge in [-0.3, -0.25) is 14.9 Å². The van der Waals surface area contributed by atoms with Crippen molar-refractivity contribution in [1.82, 2.24) is 15.5 Å². The topological polar surface area (TPSA) is 148 Å². The molecule has 1 amide bonds. The van der Waals surface area contributed by atoms with Crippen molar-refractivity contribution in [3.63, 3.8) is 0 Å². The van der Waals surface area contributed by atoms with Crippen LogP contribution in [0.15, 0.2) is 22.6 Å². The number of nitrogens with one attached hydrogen (secondary N) is 1. The van der Waals surface area contributed by atoms with E-state index in [4.69, 9.17) is 9.52 Å². The van der Waals surface area contributed by atoms with Crippen LogP contribution in [-0.2, 0) is 12.8 Å². The fraction of sp³-hybridized carbons (Fsp3) is 0.444. The van der Waals surface area contributed by atoms with Crippen LogP contribution in [0.4, 0.5) is 5.69 Å². The Morgan fingerprint density at radius 1 is 1.25 bits per heavy atom. The number of aryl methyl sites for hydroxylation is 1. The number of amides is 1. The van der Waals surface area contributed by atoms with Gasteiger partial charge < -0.3 is 14.8 Å². The predicted molar refractivity (Wildman–Crippen MR) is 96.0 cm³/mol. The highest BCUT2D eigenvalue weighted by Crippen LogP contribution is 2.29. The number of hydrogen-bond donors (Lipinski definition) is 2. The maximum Gasteiger partial charge on any atom is 0.335 e. The van der Waals surface area contributed by atoms with Crippen molar-refractivity contribution in [3.05, 3.63) is 51.2 Å². The van der Waals surface area contributed by atoms with Gasteiger partial charge >= 0.3 is 5.97 Å². The Balaban J connectivity index is 1.63. The molecular weight excluding hydrogens is 368 g/mol. The molecule has 1 aliphatic carbocycles. The van der Waals surface area contributed by atoms with Crippen LogP contribution in [0, 0.1) is 16.0 Å². The number of nitrogens with zero attached hydrogens (tertiary/aromatic N) is 3. The van der Waals surface area contributed by atoms with Gasteiger partial charge in [-0.25, -0.2) is 4.79 Å². The Morgan fingerprint density at radius 2 is 1.96 bits per heavy atom. The lowest BCUT2D eigenvalue weighted by atomic mass is 10.0. The van der Waals surface area contributed by atoms with E-state index >= 15 is 0 Å². The molecule has 0 aliphatic heterocycles. The molecular formula is C18H20N4O6. The summed E-state index contributed by atoms with van der Waals surface area (Å²) in [5.74, 6) is -0.390. The molecule has 1 aliphatic rings. The minimum absolute atomic E-state index is 0.0421. The number of carbonyl (C=O) groups is 2. The van der Waals surface area contributed by atoms with Crippen molar-refractivity contribution < 1.29 is 24.0 Å². The summed E-state index contributed by atoms with van der Waals surface area (Å²) in [4.78, 5) is 33.9. The highest BCUT2D eigenvalue weighted by molar-refractivity contribution is 5.98. The maximum atomic E-state index is 12.5. The second-order valence-electron chi connectivity index (χ2n) is 6.83. The number of carboxylic acids is 1. The average molecular weight is 388 g/mol. The molecule has 148 valence electrons. The molecule has 10 heteroatoms. The van der Waals surface area contributed by atoms with Gasteiger partial charge in [-0.2, -0.15) is 0 Å². The highest BCUT2D eigenvalue weighted by atomic mass is 16.6. The number of carbonyl (C=O) groups excluding carboxylic acids is 1. The summed E-state index contributed by atoms with van der Waals surface area (Å²) in [6.07, 6.45) is 3.67. The minimum Gasteiger partial charge on any atom is -0.478 e. The first-order valence-electron chi connectivity index (χ1n) is 9.00. The summed E-state index contributed by atoms with van der Waals surface area (Å²) in [6, 6.07) is 3.05. The number of aromatic nitrogens is 2. The van der Waals surface area contributed by atoms with E-state index in [1.54, 1.807) is 0 Å². The fourth-order valence-corrected chi connectivity index (χ4v) is 3.39. The lowest BCUT2D eigenvalue weighted by molar-refractivity contribution is -0.384. The van der Waals surface area contributed by atoms with Crippen LogP contribution in [0.3, 0.4) is 0 Å². The molecule has 2 N–H and O–H groups in total. The van der Waals surface area contributed by atoms with Gasteiger partial charge in [0, 0.05) is 36.6 Å². The molecule has 10 nitrogen and oxygen atoms in total. The van der Waals surface area contributed by atoms with Crippen LogP contribution in [-0.4, -0.2) is 38.1 Å². The monoisotopic (exact) mass is 388 g/mol. The van der Waals surface area contributed by atoms with Crippen molar-refractivity contribution in [1.29, 1.82) is 0 Å². The Kier molecular flexibility index (Phi) is 5.67. The SMILES string of the molecule is CCc1nnc(C[C@@H]2CC[C@H](NC(=O)c3cc(C(=O)O)cc([N+](=O)[O-])c3)C2)o1. The molecule has 1 heterocycles. The van der Waals surface area contributed by atoms with Gasteiger partial charge in [0.2, 0.25) is 11.8 Å². The normalized spacial score (nSPS) is 18.8. The zero-order valence-corrected chi connectivity index (χ0v) is 15.3. The molecule has 3 rings (SSSR count). The Hall–Kier alpha value is -3.30. The molecule has 0 radical (unpaired) electrons. The van der Waals surface area contributed by atoms with Crippen LogP contribution in [0.5, 0.6) is 0 Å². The van der Waals surface area contributed by atoms with Crippen molar-refractivity contribution >= 4 is 17.6 Å². The van der Waals surface area contributed by atoms with Gasteiger partial charge in [-0.1, -0.05) is 6.92 Å². The number of rotatable bonds is 7. The molecule has 2 atom stereocenters. The minimum atomic E-state index is -1.33. The van der Waals surface area contributed by atoms with Crippen LogP contribution in [0.25, 0.3) is 0 Å². The number of benzene rings is 1. The zero-order chi connectivity index (χ0) is 20.3. The number of non-ortho nitro benzene ring substituents is 1. The number of carboxylic acid groups (broad SMARTS) is 1. The number of aromatic carboxylic acids is 1. The Morgan fingerprint density at radius 3 is 2.61 bits per heavy atom. The van der Waals surface area contributed by atoms with Crippen molar-refractivity contribution in [2.75, 3.05) is 0 Å². The van der Waals surface area contributed by atoms with Gasteiger partial charge in [0.05, 0.1) is 10.5 Å². The molecule has 1 aromatic carbocycles. The third kappa shape index (κ3) is 4.51. The van der Waals surface area contributed by atoms with E-state index < -0.39 is 22.5 Å². The number of hydrogen-bond acceptors (Lipinski definition) is 7. The third-order valence-electron chi connectivity index (χ3n) is 4.79. The lowest BCUT2D eigenvalue weighted by Gasteiger charge is -2.13. The van der Waals surface area contributed by atoms with Crippen LogP contribution in [0.2, 0.25) is 0 Å². The molecule has 0 unspecified atom stereocenters.